The molecule has 1 aromatic heterocycles. The van der Waals surface area contributed by atoms with Gasteiger partial charge in [0.2, 0.25) is 0 Å². The molecule has 0 bridgehead atoms. The van der Waals surface area contributed by atoms with Gasteiger partial charge in [0.25, 0.3) is 0 Å². The SMILES string of the molecule is CCCC(c1ccc(OC)cc1C)n1ccnc1. The van der Waals surface area contributed by atoms with Gasteiger partial charge in [-0.1, -0.05) is 19.4 Å². The number of methoxy groups -OCH3 is 1. The summed E-state index contributed by atoms with van der Waals surface area (Å²) in [6.45, 7) is 4.35. The number of hydrogen-bond acceptors (Lipinski definition) is 2. The first-order valence-electron chi connectivity index (χ1n) is 6.38. The second kappa shape index (κ2) is 5.71. The maximum absolute atomic E-state index is 5.26. The molecule has 3 nitrogen and oxygen atoms in total. The Kier molecular flexibility index (Phi) is 4.03. The molecule has 96 valence electrons. The van der Waals surface area contributed by atoms with Crippen LogP contribution in [0.15, 0.2) is 36.9 Å². The molecule has 1 heterocycles. The van der Waals surface area contributed by atoms with Crippen LogP contribution in [0.5, 0.6) is 5.75 Å². The molecule has 1 aromatic carbocycles. The minimum Gasteiger partial charge on any atom is -0.497 e. The zero-order chi connectivity index (χ0) is 13.0. The Morgan fingerprint density at radius 1 is 1.39 bits per heavy atom. The maximum atomic E-state index is 5.26. The van der Waals surface area contributed by atoms with Gasteiger partial charge in [-0.05, 0) is 36.6 Å². The largest absolute Gasteiger partial charge is 0.497 e. The first-order chi connectivity index (χ1) is 8.76. The first-order valence-corrected chi connectivity index (χ1v) is 6.38. The van der Waals surface area contributed by atoms with Crippen LogP contribution in [0.1, 0.15) is 36.9 Å². The monoisotopic (exact) mass is 244 g/mol. The smallest absolute Gasteiger partial charge is 0.119 e. The van der Waals surface area contributed by atoms with E-state index in [1.807, 2.05) is 24.8 Å². The van der Waals surface area contributed by atoms with E-state index in [0.717, 1.165) is 18.6 Å². The number of ether oxygens (including phenoxy) is 1. The highest BCUT2D eigenvalue weighted by Crippen LogP contribution is 2.28. The van der Waals surface area contributed by atoms with E-state index in [4.69, 9.17) is 4.74 Å². The average Bonchev–Trinajstić information content (AvgIpc) is 2.90. The van der Waals surface area contributed by atoms with Crippen molar-refractivity contribution in [3.05, 3.63) is 48.0 Å². The number of hydrogen-bond donors (Lipinski definition) is 0. The molecule has 2 aromatic rings. The zero-order valence-corrected chi connectivity index (χ0v) is 11.3. The number of aromatic nitrogens is 2. The van der Waals surface area contributed by atoms with Gasteiger partial charge in [0, 0.05) is 12.4 Å². The molecule has 2 rings (SSSR count). The van der Waals surface area contributed by atoms with Crippen molar-refractivity contribution in [1.82, 2.24) is 9.55 Å². The Bertz CT molecular complexity index is 491. The van der Waals surface area contributed by atoms with Crippen molar-refractivity contribution >= 4 is 0 Å². The van der Waals surface area contributed by atoms with E-state index in [0.29, 0.717) is 6.04 Å². The normalized spacial score (nSPS) is 12.4. The van der Waals surface area contributed by atoms with E-state index in [9.17, 15) is 0 Å². The molecular weight excluding hydrogens is 224 g/mol. The molecule has 0 radical (unpaired) electrons. The third-order valence-corrected chi connectivity index (χ3v) is 3.28. The van der Waals surface area contributed by atoms with Crippen LogP contribution in [0.25, 0.3) is 0 Å². The van der Waals surface area contributed by atoms with E-state index in [-0.39, 0.29) is 0 Å². The molecule has 3 heteroatoms. The summed E-state index contributed by atoms with van der Waals surface area (Å²) >= 11 is 0. The molecule has 1 atom stereocenters. The van der Waals surface area contributed by atoms with Crippen LogP contribution in [0.2, 0.25) is 0 Å². The van der Waals surface area contributed by atoms with Crippen molar-refractivity contribution in [2.45, 2.75) is 32.7 Å². The first kappa shape index (κ1) is 12.7. The van der Waals surface area contributed by atoms with Crippen LogP contribution >= 0.6 is 0 Å². The lowest BCUT2D eigenvalue weighted by atomic mass is 9.97. The van der Waals surface area contributed by atoms with E-state index in [1.54, 1.807) is 7.11 Å². The lowest BCUT2D eigenvalue weighted by molar-refractivity contribution is 0.413. The van der Waals surface area contributed by atoms with Crippen LogP contribution < -0.4 is 4.74 Å². The van der Waals surface area contributed by atoms with Crippen LogP contribution in [-0.4, -0.2) is 16.7 Å². The van der Waals surface area contributed by atoms with Crippen molar-refractivity contribution in [2.24, 2.45) is 0 Å². The quantitative estimate of drug-likeness (QED) is 0.803. The number of rotatable bonds is 5. The predicted molar refractivity (Wildman–Crippen MR) is 73.0 cm³/mol. The molecule has 0 spiro atoms. The summed E-state index contributed by atoms with van der Waals surface area (Å²) < 4.78 is 7.44. The second-order valence-electron chi connectivity index (χ2n) is 4.54. The van der Waals surface area contributed by atoms with E-state index in [1.165, 1.54) is 11.1 Å². The highest BCUT2D eigenvalue weighted by atomic mass is 16.5. The van der Waals surface area contributed by atoms with Gasteiger partial charge in [-0.25, -0.2) is 4.98 Å². The third kappa shape index (κ3) is 2.55. The van der Waals surface area contributed by atoms with Crippen molar-refractivity contribution < 1.29 is 4.74 Å². The Hall–Kier alpha value is -1.77. The number of benzene rings is 1. The average molecular weight is 244 g/mol. The Morgan fingerprint density at radius 2 is 2.22 bits per heavy atom. The van der Waals surface area contributed by atoms with Gasteiger partial charge in [-0.3, -0.25) is 0 Å². The minimum atomic E-state index is 0.364. The fourth-order valence-corrected chi connectivity index (χ4v) is 2.34. The standard InChI is InChI=1S/C15H20N2O/c1-4-5-15(17-9-8-16-11-17)14-7-6-13(18-3)10-12(14)2/h6-11,15H,4-5H2,1-3H3. The summed E-state index contributed by atoms with van der Waals surface area (Å²) in [4.78, 5) is 4.15. The topological polar surface area (TPSA) is 27.1 Å². The Labute approximate surface area is 108 Å². The van der Waals surface area contributed by atoms with Gasteiger partial charge < -0.3 is 9.30 Å². The molecule has 0 aliphatic heterocycles. The van der Waals surface area contributed by atoms with Gasteiger partial charge in [-0.15, -0.1) is 0 Å². The van der Waals surface area contributed by atoms with Crippen molar-refractivity contribution in [2.75, 3.05) is 7.11 Å². The molecule has 18 heavy (non-hydrogen) atoms. The number of aryl methyl sites for hydroxylation is 1. The molecule has 0 saturated carbocycles. The van der Waals surface area contributed by atoms with Crippen LogP contribution in [-0.2, 0) is 0 Å². The maximum Gasteiger partial charge on any atom is 0.119 e. The molecule has 0 N–H and O–H groups in total. The van der Waals surface area contributed by atoms with Crippen molar-refractivity contribution in [1.29, 1.82) is 0 Å². The highest BCUT2D eigenvalue weighted by molar-refractivity contribution is 5.37. The molecule has 0 fully saturated rings. The van der Waals surface area contributed by atoms with Crippen molar-refractivity contribution in [3.63, 3.8) is 0 Å². The summed E-state index contributed by atoms with van der Waals surface area (Å²) in [5.41, 5.74) is 2.61. The number of nitrogens with zero attached hydrogens (tertiary/aromatic N) is 2. The lowest BCUT2D eigenvalue weighted by Crippen LogP contribution is -2.10. The molecule has 0 amide bonds. The van der Waals surface area contributed by atoms with E-state index in [2.05, 4.69) is 35.5 Å². The molecule has 0 aliphatic carbocycles. The van der Waals surface area contributed by atoms with Crippen LogP contribution in [0.4, 0.5) is 0 Å². The molecule has 0 saturated heterocycles. The minimum absolute atomic E-state index is 0.364. The van der Waals surface area contributed by atoms with E-state index >= 15 is 0 Å². The fourth-order valence-electron chi connectivity index (χ4n) is 2.34. The third-order valence-electron chi connectivity index (χ3n) is 3.28. The zero-order valence-electron chi connectivity index (χ0n) is 11.3. The summed E-state index contributed by atoms with van der Waals surface area (Å²) in [6, 6.07) is 6.65. The van der Waals surface area contributed by atoms with Gasteiger partial charge in [0.15, 0.2) is 0 Å². The van der Waals surface area contributed by atoms with Gasteiger partial charge >= 0.3 is 0 Å². The lowest BCUT2D eigenvalue weighted by Gasteiger charge is -2.20. The van der Waals surface area contributed by atoms with Gasteiger partial charge in [-0.2, -0.15) is 0 Å². The van der Waals surface area contributed by atoms with Crippen LogP contribution in [0.3, 0.4) is 0 Å². The van der Waals surface area contributed by atoms with E-state index < -0.39 is 0 Å². The fraction of sp³-hybridized carbons (Fsp3) is 0.400. The van der Waals surface area contributed by atoms with Gasteiger partial charge in [0.1, 0.15) is 5.75 Å². The molecular formula is C15H20N2O. The predicted octanol–water partition coefficient (Wildman–Crippen LogP) is 3.59. The summed E-state index contributed by atoms with van der Waals surface area (Å²) in [5.74, 6) is 0.914. The van der Waals surface area contributed by atoms with Gasteiger partial charge in [0.05, 0.1) is 19.5 Å². The second-order valence-corrected chi connectivity index (χ2v) is 4.54. The van der Waals surface area contributed by atoms with Crippen LogP contribution in [0, 0.1) is 6.92 Å². The molecule has 0 aliphatic rings. The Morgan fingerprint density at radius 3 is 2.78 bits per heavy atom. The summed E-state index contributed by atoms with van der Waals surface area (Å²) in [6.07, 6.45) is 8.02. The summed E-state index contributed by atoms with van der Waals surface area (Å²) in [5, 5.41) is 0. The molecule has 1 unspecified atom stereocenters. The van der Waals surface area contributed by atoms with Crippen molar-refractivity contribution in [3.8, 4) is 5.75 Å². The highest BCUT2D eigenvalue weighted by Gasteiger charge is 2.14. The Balaban J connectivity index is 2.37. The number of imidazole rings is 1. The summed E-state index contributed by atoms with van der Waals surface area (Å²) in [7, 11) is 1.70.